The van der Waals surface area contributed by atoms with Crippen LogP contribution in [0, 0.1) is 5.82 Å². The first-order chi connectivity index (χ1) is 9.08. The molecule has 0 fully saturated rings. The monoisotopic (exact) mass is 304 g/mol. The van der Waals surface area contributed by atoms with Gasteiger partial charge in [-0.05, 0) is 13.0 Å². The Kier molecular flexibility index (Phi) is 4.66. The molecule has 0 bridgehead atoms. The van der Waals surface area contributed by atoms with Crippen molar-refractivity contribution in [2.75, 3.05) is 19.6 Å². The number of rotatable bonds is 5. The summed E-state index contributed by atoms with van der Waals surface area (Å²) < 4.78 is 20.7. The van der Waals surface area contributed by atoms with Gasteiger partial charge in [0, 0.05) is 25.5 Å². The minimum atomic E-state index is -0.462. The Morgan fingerprint density at radius 2 is 2.21 bits per heavy atom. The number of aryl methyl sites for hydroxylation is 1. The van der Waals surface area contributed by atoms with Gasteiger partial charge in [-0.3, -0.25) is 0 Å². The SMILES string of the molecule is COCC(C)n1c(CCCl)nc2cc(F)c(Cl)cc21. The van der Waals surface area contributed by atoms with Crippen LogP contribution in [0.4, 0.5) is 4.39 Å². The maximum Gasteiger partial charge on any atom is 0.144 e. The lowest BCUT2D eigenvalue weighted by molar-refractivity contribution is 0.162. The maximum absolute atomic E-state index is 13.5. The van der Waals surface area contributed by atoms with E-state index in [-0.39, 0.29) is 11.1 Å². The molecule has 0 amide bonds. The van der Waals surface area contributed by atoms with Crippen LogP contribution in [0.25, 0.3) is 11.0 Å². The van der Waals surface area contributed by atoms with Gasteiger partial charge in [0.15, 0.2) is 0 Å². The third-order valence-electron chi connectivity index (χ3n) is 2.97. The minimum absolute atomic E-state index is 0.0785. The summed E-state index contributed by atoms with van der Waals surface area (Å²) in [6, 6.07) is 3.03. The molecule has 1 atom stereocenters. The van der Waals surface area contributed by atoms with Gasteiger partial charge >= 0.3 is 0 Å². The maximum atomic E-state index is 13.5. The van der Waals surface area contributed by atoms with Gasteiger partial charge in [0.25, 0.3) is 0 Å². The standard InChI is InChI=1S/C13H15Cl2FN2O/c1-8(7-19-2)18-12-5-9(15)10(16)6-11(12)17-13(18)3-4-14/h5-6,8H,3-4,7H2,1-2H3. The molecular formula is C13H15Cl2FN2O. The molecule has 2 aromatic rings. The number of hydrogen-bond acceptors (Lipinski definition) is 2. The van der Waals surface area contributed by atoms with Crippen molar-refractivity contribution < 1.29 is 9.13 Å². The summed E-state index contributed by atoms with van der Waals surface area (Å²) in [6.07, 6.45) is 0.615. The largest absolute Gasteiger partial charge is 0.383 e. The number of alkyl halides is 1. The molecule has 1 unspecified atom stereocenters. The van der Waals surface area contributed by atoms with Crippen LogP contribution >= 0.6 is 23.2 Å². The molecule has 0 radical (unpaired) electrons. The van der Waals surface area contributed by atoms with Gasteiger partial charge in [-0.15, -0.1) is 11.6 Å². The first-order valence-corrected chi connectivity index (χ1v) is 6.90. The average Bonchev–Trinajstić information content (AvgIpc) is 2.68. The van der Waals surface area contributed by atoms with E-state index in [9.17, 15) is 4.39 Å². The normalized spacial score (nSPS) is 13.1. The smallest absolute Gasteiger partial charge is 0.144 e. The number of halogens is 3. The summed E-state index contributed by atoms with van der Waals surface area (Å²) in [7, 11) is 1.64. The number of nitrogens with zero attached hydrogens (tertiary/aromatic N) is 2. The third-order valence-corrected chi connectivity index (χ3v) is 3.45. The van der Waals surface area contributed by atoms with Crippen LogP contribution in [-0.2, 0) is 11.2 Å². The molecule has 0 saturated carbocycles. The fraction of sp³-hybridized carbons (Fsp3) is 0.462. The molecule has 0 saturated heterocycles. The number of methoxy groups -OCH3 is 1. The summed E-state index contributed by atoms with van der Waals surface area (Å²) in [5.74, 6) is 0.811. The molecule has 0 N–H and O–H groups in total. The van der Waals surface area contributed by atoms with E-state index in [0.717, 1.165) is 11.3 Å². The molecule has 1 heterocycles. The summed E-state index contributed by atoms with van der Waals surface area (Å²) in [4.78, 5) is 4.43. The van der Waals surface area contributed by atoms with Gasteiger partial charge in [-0.1, -0.05) is 11.6 Å². The van der Waals surface area contributed by atoms with Crippen molar-refractivity contribution in [3.63, 3.8) is 0 Å². The van der Waals surface area contributed by atoms with Crippen LogP contribution < -0.4 is 0 Å². The molecule has 6 heteroatoms. The van der Waals surface area contributed by atoms with Gasteiger partial charge in [0.2, 0.25) is 0 Å². The van der Waals surface area contributed by atoms with Crippen LogP contribution in [0.15, 0.2) is 12.1 Å². The third kappa shape index (κ3) is 2.86. The second-order valence-electron chi connectivity index (χ2n) is 4.40. The van der Waals surface area contributed by atoms with Crippen molar-refractivity contribution in [3.8, 4) is 0 Å². The van der Waals surface area contributed by atoms with Gasteiger partial charge < -0.3 is 9.30 Å². The highest BCUT2D eigenvalue weighted by Gasteiger charge is 2.17. The van der Waals surface area contributed by atoms with Gasteiger partial charge in [-0.25, -0.2) is 9.37 Å². The fourth-order valence-electron chi connectivity index (χ4n) is 2.21. The molecular weight excluding hydrogens is 290 g/mol. The molecule has 19 heavy (non-hydrogen) atoms. The van der Waals surface area contributed by atoms with E-state index >= 15 is 0 Å². The van der Waals surface area contributed by atoms with Crippen molar-refractivity contribution in [3.05, 3.63) is 28.8 Å². The molecule has 2 rings (SSSR count). The van der Waals surface area contributed by atoms with Gasteiger partial charge in [-0.2, -0.15) is 0 Å². The highest BCUT2D eigenvalue weighted by molar-refractivity contribution is 6.31. The predicted octanol–water partition coefficient (Wildman–Crippen LogP) is 3.82. The molecule has 0 aliphatic rings. The molecule has 0 spiro atoms. The van der Waals surface area contributed by atoms with E-state index in [1.807, 2.05) is 11.5 Å². The Morgan fingerprint density at radius 3 is 2.84 bits per heavy atom. The van der Waals surface area contributed by atoms with Crippen LogP contribution in [0.2, 0.25) is 5.02 Å². The first-order valence-electron chi connectivity index (χ1n) is 5.99. The van der Waals surface area contributed by atoms with E-state index in [1.165, 1.54) is 6.07 Å². The second kappa shape index (κ2) is 6.07. The highest BCUT2D eigenvalue weighted by atomic mass is 35.5. The van der Waals surface area contributed by atoms with Gasteiger partial charge in [0.05, 0.1) is 28.7 Å². The van der Waals surface area contributed by atoms with Crippen molar-refractivity contribution in [2.24, 2.45) is 0 Å². The van der Waals surface area contributed by atoms with E-state index in [0.29, 0.717) is 24.4 Å². The second-order valence-corrected chi connectivity index (χ2v) is 5.18. The summed E-state index contributed by atoms with van der Waals surface area (Å²) >= 11 is 11.6. The van der Waals surface area contributed by atoms with Crippen molar-refractivity contribution in [1.29, 1.82) is 0 Å². The van der Waals surface area contributed by atoms with Crippen molar-refractivity contribution in [1.82, 2.24) is 9.55 Å². The Balaban J connectivity index is 2.61. The van der Waals surface area contributed by atoms with E-state index in [4.69, 9.17) is 27.9 Å². The minimum Gasteiger partial charge on any atom is -0.383 e. The zero-order chi connectivity index (χ0) is 14.0. The molecule has 1 aromatic heterocycles. The van der Waals surface area contributed by atoms with Crippen LogP contribution in [0.5, 0.6) is 0 Å². The quantitative estimate of drug-likeness (QED) is 0.785. The number of ether oxygens (including phenoxy) is 1. The Labute approximate surface area is 121 Å². The lowest BCUT2D eigenvalue weighted by Gasteiger charge is -2.16. The van der Waals surface area contributed by atoms with E-state index in [2.05, 4.69) is 4.98 Å². The fourth-order valence-corrected chi connectivity index (χ4v) is 2.54. The van der Waals surface area contributed by atoms with Crippen molar-refractivity contribution >= 4 is 34.2 Å². The lowest BCUT2D eigenvalue weighted by Crippen LogP contribution is -2.14. The molecule has 0 aliphatic carbocycles. The zero-order valence-corrected chi connectivity index (χ0v) is 12.3. The van der Waals surface area contributed by atoms with Crippen molar-refractivity contribution in [2.45, 2.75) is 19.4 Å². The van der Waals surface area contributed by atoms with Crippen LogP contribution in [0.1, 0.15) is 18.8 Å². The average molecular weight is 305 g/mol. The number of benzene rings is 1. The van der Waals surface area contributed by atoms with E-state index in [1.54, 1.807) is 13.2 Å². The highest BCUT2D eigenvalue weighted by Crippen LogP contribution is 2.27. The lowest BCUT2D eigenvalue weighted by atomic mass is 10.2. The van der Waals surface area contributed by atoms with E-state index < -0.39 is 5.82 Å². The molecule has 104 valence electrons. The number of hydrogen-bond donors (Lipinski definition) is 0. The Bertz CT molecular complexity index is 586. The summed E-state index contributed by atoms with van der Waals surface area (Å²) in [5.41, 5.74) is 1.39. The topological polar surface area (TPSA) is 27.1 Å². The van der Waals surface area contributed by atoms with Gasteiger partial charge in [0.1, 0.15) is 11.6 Å². The molecule has 3 nitrogen and oxygen atoms in total. The first kappa shape index (κ1) is 14.6. The number of imidazole rings is 1. The Hall–Kier alpha value is -0.840. The molecule has 1 aromatic carbocycles. The predicted molar refractivity (Wildman–Crippen MR) is 75.7 cm³/mol. The number of aromatic nitrogens is 2. The summed E-state index contributed by atoms with van der Waals surface area (Å²) in [6.45, 7) is 2.55. The molecule has 0 aliphatic heterocycles. The zero-order valence-electron chi connectivity index (χ0n) is 10.8. The van der Waals surface area contributed by atoms with Crippen LogP contribution in [0.3, 0.4) is 0 Å². The summed E-state index contributed by atoms with van der Waals surface area (Å²) in [5, 5.41) is 0.0932. The Morgan fingerprint density at radius 1 is 1.47 bits per heavy atom. The van der Waals surface area contributed by atoms with Crippen LogP contribution in [-0.4, -0.2) is 29.1 Å². The number of fused-ring (bicyclic) bond motifs is 1.